The molecule has 1 saturated heterocycles. The van der Waals surface area contributed by atoms with Crippen LogP contribution in [0.4, 0.5) is 11.4 Å². The maximum absolute atomic E-state index is 11.0. The zero-order valence-electron chi connectivity index (χ0n) is 10.2. The molecule has 1 aliphatic rings. The zero-order chi connectivity index (χ0) is 13.3. The van der Waals surface area contributed by atoms with Crippen LogP contribution in [-0.4, -0.2) is 51.1 Å². The molecular formula is C11H17N3O3S. The summed E-state index contributed by atoms with van der Waals surface area (Å²) in [6.45, 7) is 3.59. The van der Waals surface area contributed by atoms with E-state index in [2.05, 4.69) is 16.8 Å². The minimum atomic E-state index is -4.19. The van der Waals surface area contributed by atoms with Crippen LogP contribution in [0.25, 0.3) is 0 Å². The van der Waals surface area contributed by atoms with E-state index < -0.39 is 10.1 Å². The van der Waals surface area contributed by atoms with Crippen LogP contribution >= 0.6 is 0 Å². The minimum Gasteiger partial charge on any atom is -0.397 e. The van der Waals surface area contributed by atoms with E-state index in [-0.39, 0.29) is 4.90 Å². The van der Waals surface area contributed by atoms with Crippen molar-refractivity contribution in [3.63, 3.8) is 0 Å². The highest BCUT2D eigenvalue weighted by Gasteiger charge is 2.18. The number of hydrogen-bond donors (Lipinski definition) is 2. The van der Waals surface area contributed by atoms with Crippen molar-refractivity contribution in [3.8, 4) is 0 Å². The van der Waals surface area contributed by atoms with Gasteiger partial charge in [-0.3, -0.25) is 4.55 Å². The number of nitrogens with zero attached hydrogens (tertiary/aromatic N) is 2. The molecule has 0 unspecified atom stereocenters. The number of piperazine rings is 1. The standard InChI is InChI=1S/C11H17N3O3S/c1-13-4-6-14(7-5-13)11-3-2-9(8-10(11)12)18(15,16)17/h2-3,8H,4-7,12H2,1H3,(H,15,16,17). The average molecular weight is 271 g/mol. The second-order valence-corrected chi connectivity index (χ2v) is 5.91. The molecule has 1 aliphatic heterocycles. The number of hydrogen-bond acceptors (Lipinski definition) is 5. The fraction of sp³-hybridized carbons (Fsp3) is 0.455. The zero-order valence-corrected chi connectivity index (χ0v) is 11.0. The van der Waals surface area contributed by atoms with E-state index >= 15 is 0 Å². The lowest BCUT2D eigenvalue weighted by Gasteiger charge is -2.34. The van der Waals surface area contributed by atoms with E-state index in [9.17, 15) is 8.42 Å². The van der Waals surface area contributed by atoms with Gasteiger partial charge in [-0.2, -0.15) is 8.42 Å². The molecule has 0 spiro atoms. The van der Waals surface area contributed by atoms with Crippen molar-refractivity contribution in [1.29, 1.82) is 0 Å². The van der Waals surface area contributed by atoms with Gasteiger partial charge in [0.2, 0.25) is 0 Å². The third-order valence-electron chi connectivity index (χ3n) is 3.14. The van der Waals surface area contributed by atoms with Crippen LogP contribution in [-0.2, 0) is 10.1 Å². The highest BCUT2D eigenvalue weighted by molar-refractivity contribution is 7.85. The van der Waals surface area contributed by atoms with Crippen molar-refractivity contribution in [2.24, 2.45) is 0 Å². The van der Waals surface area contributed by atoms with Crippen molar-refractivity contribution in [1.82, 2.24) is 4.90 Å². The molecule has 0 atom stereocenters. The highest BCUT2D eigenvalue weighted by Crippen LogP contribution is 2.26. The second-order valence-electron chi connectivity index (χ2n) is 4.49. The topological polar surface area (TPSA) is 86.9 Å². The SMILES string of the molecule is CN1CCN(c2ccc(S(=O)(=O)O)cc2N)CC1. The molecular weight excluding hydrogens is 254 g/mol. The first-order chi connectivity index (χ1) is 8.38. The monoisotopic (exact) mass is 271 g/mol. The van der Waals surface area contributed by atoms with Crippen molar-refractivity contribution in [3.05, 3.63) is 18.2 Å². The van der Waals surface area contributed by atoms with Gasteiger partial charge in [0.1, 0.15) is 0 Å². The Morgan fingerprint density at radius 3 is 2.33 bits per heavy atom. The molecule has 0 bridgehead atoms. The molecule has 6 nitrogen and oxygen atoms in total. The maximum Gasteiger partial charge on any atom is 0.294 e. The van der Waals surface area contributed by atoms with Crippen LogP contribution in [0.3, 0.4) is 0 Å². The Balaban J connectivity index is 2.25. The molecule has 2 rings (SSSR count). The maximum atomic E-state index is 11.0. The summed E-state index contributed by atoms with van der Waals surface area (Å²) in [5.74, 6) is 0. The lowest BCUT2D eigenvalue weighted by Crippen LogP contribution is -2.44. The Labute approximate surface area is 107 Å². The van der Waals surface area contributed by atoms with Crippen molar-refractivity contribution < 1.29 is 13.0 Å². The number of rotatable bonds is 2. The van der Waals surface area contributed by atoms with Gasteiger partial charge in [-0.05, 0) is 25.2 Å². The summed E-state index contributed by atoms with van der Waals surface area (Å²) in [5.41, 5.74) is 7.04. The Morgan fingerprint density at radius 2 is 1.83 bits per heavy atom. The van der Waals surface area contributed by atoms with E-state index in [1.807, 2.05) is 0 Å². The minimum absolute atomic E-state index is 0.169. The fourth-order valence-electron chi connectivity index (χ4n) is 2.03. The Bertz CT molecular complexity index is 536. The number of likely N-dealkylation sites (N-methyl/N-ethyl adjacent to an activating group) is 1. The van der Waals surface area contributed by atoms with Crippen molar-refractivity contribution >= 4 is 21.5 Å². The summed E-state index contributed by atoms with van der Waals surface area (Å²) in [6.07, 6.45) is 0. The fourth-order valence-corrected chi connectivity index (χ4v) is 2.54. The number of benzene rings is 1. The summed E-state index contributed by atoms with van der Waals surface area (Å²) < 4.78 is 30.9. The molecule has 1 aromatic carbocycles. The van der Waals surface area contributed by atoms with E-state index in [1.165, 1.54) is 12.1 Å². The quantitative estimate of drug-likeness (QED) is 0.593. The molecule has 0 radical (unpaired) electrons. The largest absolute Gasteiger partial charge is 0.397 e. The van der Waals surface area contributed by atoms with Crippen LogP contribution in [0.15, 0.2) is 23.1 Å². The van der Waals surface area contributed by atoms with Crippen LogP contribution in [0.2, 0.25) is 0 Å². The smallest absolute Gasteiger partial charge is 0.294 e. The first-order valence-corrected chi connectivity index (χ1v) is 7.12. The first-order valence-electron chi connectivity index (χ1n) is 5.68. The molecule has 0 amide bonds. The first kappa shape index (κ1) is 13.1. The lowest BCUT2D eigenvalue weighted by molar-refractivity contribution is 0.313. The number of anilines is 2. The summed E-state index contributed by atoms with van der Waals surface area (Å²) in [7, 11) is -2.13. The second kappa shape index (κ2) is 4.75. The van der Waals surface area contributed by atoms with Gasteiger partial charge < -0.3 is 15.5 Å². The molecule has 7 heteroatoms. The number of nitrogens with two attached hydrogens (primary N) is 1. The third kappa shape index (κ3) is 2.74. The van der Waals surface area contributed by atoms with Gasteiger partial charge in [0, 0.05) is 26.2 Å². The van der Waals surface area contributed by atoms with Crippen molar-refractivity contribution in [2.45, 2.75) is 4.90 Å². The molecule has 1 fully saturated rings. The summed E-state index contributed by atoms with van der Waals surface area (Å²) in [4.78, 5) is 4.17. The molecule has 0 aliphatic carbocycles. The van der Waals surface area contributed by atoms with E-state index in [4.69, 9.17) is 10.3 Å². The molecule has 3 N–H and O–H groups in total. The van der Waals surface area contributed by atoms with E-state index in [0.717, 1.165) is 31.9 Å². The molecule has 1 heterocycles. The summed E-state index contributed by atoms with van der Waals surface area (Å²) in [5, 5.41) is 0. The Morgan fingerprint density at radius 1 is 1.22 bits per heavy atom. The third-order valence-corrected chi connectivity index (χ3v) is 3.99. The van der Waals surface area contributed by atoms with Gasteiger partial charge in [-0.1, -0.05) is 0 Å². The normalized spacial score (nSPS) is 18.0. The Hall–Kier alpha value is -1.31. The Kier molecular flexibility index (Phi) is 3.47. The predicted molar refractivity (Wildman–Crippen MR) is 70.4 cm³/mol. The van der Waals surface area contributed by atoms with Crippen LogP contribution < -0.4 is 10.6 Å². The van der Waals surface area contributed by atoms with E-state index in [0.29, 0.717) is 5.69 Å². The number of nitrogen functional groups attached to an aromatic ring is 1. The summed E-state index contributed by atoms with van der Waals surface area (Å²) in [6, 6.07) is 4.31. The lowest BCUT2D eigenvalue weighted by atomic mass is 10.2. The van der Waals surface area contributed by atoms with Crippen LogP contribution in [0.1, 0.15) is 0 Å². The van der Waals surface area contributed by atoms with Gasteiger partial charge in [-0.25, -0.2) is 0 Å². The van der Waals surface area contributed by atoms with Gasteiger partial charge in [-0.15, -0.1) is 0 Å². The molecule has 18 heavy (non-hydrogen) atoms. The molecule has 100 valence electrons. The molecule has 1 aromatic rings. The van der Waals surface area contributed by atoms with E-state index in [1.54, 1.807) is 6.07 Å². The van der Waals surface area contributed by atoms with Gasteiger partial charge >= 0.3 is 0 Å². The van der Waals surface area contributed by atoms with Gasteiger partial charge in [0.15, 0.2) is 0 Å². The average Bonchev–Trinajstić information content (AvgIpc) is 2.29. The van der Waals surface area contributed by atoms with Gasteiger partial charge in [0.05, 0.1) is 16.3 Å². The van der Waals surface area contributed by atoms with Crippen LogP contribution in [0.5, 0.6) is 0 Å². The summed E-state index contributed by atoms with van der Waals surface area (Å²) >= 11 is 0. The highest BCUT2D eigenvalue weighted by atomic mass is 32.2. The molecule has 0 saturated carbocycles. The predicted octanol–water partition coefficient (Wildman–Crippen LogP) is 0.267. The van der Waals surface area contributed by atoms with Gasteiger partial charge in [0.25, 0.3) is 10.1 Å². The molecule has 0 aromatic heterocycles. The van der Waals surface area contributed by atoms with Crippen LogP contribution in [0, 0.1) is 0 Å². The van der Waals surface area contributed by atoms with Crippen molar-refractivity contribution in [2.75, 3.05) is 43.9 Å².